The molecule has 10 heterocycles. The van der Waals surface area contributed by atoms with E-state index in [1.165, 1.54) is 62.9 Å². The number of phenolic OH excluding ortho intramolecular Hbond substituents is 1. The van der Waals surface area contributed by atoms with Crippen molar-refractivity contribution < 1.29 is 135 Å². The first-order valence-corrected chi connectivity index (χ1v) is 48.4. The number of nitro benzene ring substituents is 1. The molecule has 774 valence electrons. The van der Waals surface area contributed by atoms with Gasteiger partial charge in [-0.2, -0.15) is 8.42 Å². The fourth-order valence-electron chi connectivity index (χ4n) is 16.6. The van der Waals surface area contributed by atoms with E-state index in [2.05, 4.69) is 10.3 Å². The van der Waals surface area contributed by atoms with Gasteiger partial charge in [0.2, 0.25) is 0 Å². The van der Waals surface area contributed by atoms with Crippen LogP contribution in [0.4, 0.5) is 124 Å². The van der Waals surface area contributed by atoms with Gasteiger partial charge in [0.1, 0.15) is 84.1 Å². The smallest absolute Gasteiger partial charge is 0.414 e. The van der Waals surface area contributed by atoms with E-state index < -0.39 is 76.2 Å². The number of ether oxygens (including phenoxy) is 11. The van der Waals surface area contributed by atoms with E-state index in [9.17, 15) is 78.7 Å². The van der Waals surface area contributed by atoms with Crippen LogP contribution in [-0.2, 0) is 77.8 Å². The molecule has 0 spiro atoms. The number of amides is 5. The van der Waals surface area contributed by atoms with Crippen molar-refractivity contribution in [3.05, 3.63) is 244 Å². The standard InChI is InChI=1S/C21H22FN3O4.C20H20FN3O8S.C18H19FN2O3.C17H21FN2O4.C14H17FN2O4.C10H13FN2O/c22-18-11-16(5-6-19(18)24-7-9-28-10-8-24)25-14-17(29-21(25)27)13-23-12-15-3-1-2-4-20(15)26;21-18-11-15(3-6-19(18)22-7-9-30-10-8-22)23-12-16(32-20(23)25)13-31-33(28,29)17-4-1-14(2-5-17)24(26)27;19-16-12-15(6-7-17(16)21-8-10-23-11-9-21)20-18(22)24-13-14-4-2-1-3-5-14;1-12(21)2-4-14-11-20(17(22)24-14)13-3-5-16(15(18)10-13)19-6-8-23-9-7-19;15-12-7-10(17-8-11(9-18)21-14(17)19)1-2-13(12)16-3-5-20-6-4-16;11-9-7-8(12)1-2-10(9)13-3-5-14-6-4-13/h1-6,11-12,17,26H,7-10,13-14H2;1-6,11,16H,7-10,12-13H2;1-7,12H,8-11,13H2,(H,20,22);3,5,10,14H,2,4,6-9,11H2,1H3;1-2,7,11,18H,3-6,8-9H2;1-2,7H,3-6,12H2/t17-;16-;;14-;11-;/m01.01./s1. The van der Waals surface area contributed by atoms with Crippen LogP contribution >= 0.6 is 0 Å². The number of benzene rings is 9. The fourth-order valence-corrected chi connectivity index (χ4v) is 17.5. The van der Waals surface area contributed by atoms with Gasteiger partial charge in [0.15, 0.2) is 0 Å². The highest BCUT2D eigenvalue weighted by Crippen LogP contribution is 2.36. The maximum atomic E-state index is 14.7. The number of phenols is 1. The number of nitrogen functional groups attached to an aromatic ring is 1. The van der Waals surface area contributed by atoms with Crippen molar-refractivity contribution in [1.82, 2.24) is 0 Å². The molecule has 0 aliphatic carbocycles. The van der Waals surface area contributed by atoms with E-state index in [1.54, 1.807) is 103 Å². The Hall–Kier alpha value is -14.3. The summed E-state index contributed by atoms with van der Waals surface area (Å²) < 4.78 is 173. The summed E-state index contributed by atoms with van der Waals surface area (Å²) in [7, 11) is -4.22. The van der Waals surface area contributed by atoms with Crippen LogP contribution in [-0.4, -0.2) is 294 Å². The Morgan fingerprint density at radius 3 is 1.19 bits per heavy atom. The van der Waals surface area contributed by atoms with Gasteiger partial charge in [0.25, 0.3) is 15.8 Å². The lowest BCUT2D eigenvalue weighted by Crippen LogP contribution is -2.36. The number of Topliss-reactive ketones (excluding diaryl/α,β-unsaturated/α-hetero) is 1. The molecule has 45 heteroatoms. The molecule has 5 N–H and O–H groups in total. The first-order chi connectivity index (χ1) is 70.1. The minimum atomic E-state index is -4.22. The van der Waals surface area contributed by atoms with Crippen LogP contribution in [0, 0.1) is 45.0 Å². The molecule has 0 unspecified atom stereocenters. The molecule has 5 amide bonds. The third kappa shape index (κ3) is 29.7. The lowest BCUT2D eigenvalue weighted by molar-refractivity contribution is -0.384. The molecule has 10 saturated heterocycles. The van der Waals surface area contributed by atoms with E-state index in [0.717, 1.165) is 42.9 Å². The van der Waals surface area contributed by atoms with Gasteiger partial charge in [-0.3, -0.25) is 44.2 Å². The number of aromatic hydroxyl groups is 1. The minimum Gasteiger partial charge on any atom is -0.507 e. The average molecular weight is 2040 g/mol. The number of cyclic esters (lactones) is 4. The van der Waals surface area contributed by atoms with E-state index in [0.29, 0.717) is 232 Å². The van der Waals surface area contributed by atoms with Crippen LogP contribution < -0.4 is 60.0 Å². The minimum absolute atomic E-state index is 0.0368. The molecule has 9 aromatic rings. The number of carbonyl (C=O) groups excluding carboxylic acids is 6. The Morgan fingerprint density at radius 1 is 0.462 bits per heavy atom. The Bertz CT molecular complexity index is 6070. The molecule has 10 fully saturated rings. The molecule has 38 nitrogen and oxygen atoms in total. The second kappa shape index (κ2) is 51.8. The summed E-state index contributed by atoms with van der Waals surface area (Å²) in [4.78, 5) is 102. The number of aliphatic hydroxyl groups excluding tert-OH is 1. The number of halogens is 6. The Kier molecular flexibility index (Phi) is 38.0. The summed E-state index contributed by atoms with van der Waals surface area (Å²) in [5.41, 5.74) is 12.2. The van der Waals surface area contributed by atoms with Gasteiger partial charge >= 0.3 is 30.5 Å². The molecule has 0 radical (unpaired) electrons. The van der Waals surface area contributed by atoms with Crippen molar-refractivity contribution in [1.29, 1.82) is 0 Å². The number of ketones is 1. The number of nitrogens with one attached hydrogen (secondary N) is 1. The summed E-state index contributed by atoms with van der Waals surface area (Å²) in [6, 6.07) is 48.4. The number of anilines is 12. The number of para-hydroxylation sites is 1. The molecule has 0 bridgehead atoms. The normalized spacial score (nSPS) is 19.0. The van der Waals surface area contributed by atoms with Crippen LogP contribution in [0.5, 0.6) is 5.75 Å². The van der Waals surface area contributed by atoms with Gasteiger partial charge in [0, 0.05) is 120 Å². The van der Waals surface area contributed by atoms with E-state index in [-0.39, 0.29) is 102 Å². The number of nitrogens with zero attached hydrogens (tertiary/aromatic N) is 12. The Labute approximate surface area is 831 Å². The van der Waals surface area contributed by atoms with Gasteiger partial charge in [-0.15, -0.1) is 0 Å². The fraction of sp³-hybridized carbons (Fsp3) is 0.390. The van der Waals surface area contributed by atoms with Crippen LogP contribution in [0.1, 0.15) is 30.9 Å². The van der Waals surface area contributed by atoms with E-state index in [4.69, 9.17) is 67.1 Å². The summed E-state index contributed by atoms with van der Waals surface area (Å²) in [6.45, 7) is 16.8. The molecule has 19 rings (SSSR count). The van der Waals surface area contributed by atoms with E-state index in [1.807, 2.05) is 59.7 Å². The number of rotatable bonds is 25. The second-order valence-corrected chi connectivity index (χ2v) is 35.7. The number of morpholine rings is 6. The highest BCUT2D eigenvalue weighted by molar-refractivity contribution is 7.86. The first-order valence-electron chi connectivity index (χ1n) is 47.0. The van der Waals surface area contributed by atoms with Crippen molar-refractivity contribution in [2.45, 2.75) is 55.7 Å². The van der Waals surface area contributed by atoms with Gasteiger partial charge in [-0.05, 0) is 152 Å². The summed E-state index contributed by atoms with van der Waals surface area (Å²) in [5, 5.41) is 32.0. The number of carbonyl (C=O) groups is 6. The third-order valence-corrected chi connectivity index (χ3v) is 25.5. The van der Waals surface area contributed by atoms with Crippen molar-refractivity contribution in [3.8, 4) is 5.75 Å². The van der Waals surface area contributed by atoms with Crippen LogP contribution in [0.15, 0.2) is 198 Å². The van der Waals surface area contributed by atoms with Crippen molar-refractivity contribution in [3.63, 3.8) is 0 Å². The molecule has 10 aliphatic rings. The maximum Gasteiger partial charge on any atom is 0.414 e. The van der Waals surface area contributed by atoms with Crippen molar-refractivity contribution >= 4 is 127 Å². The average Bonchev–Trinajstić information content (AvgIpc) is 1.79. The lowest BCUT2D eigenvalue weighted by atomic mass is 10.1. The summed E-state index contributed by atoms with van der Waals surface area (Å²) >= 11 is 0. The molecular formula is C100H112F6N14O24S. The van der Waals surface area contributed by atoms with Gasteiger partial charge in [0.05, 0.1) is 185 Å². The number of nitro groups is 1. The topological polar surface area (TPSA) is 414 Å². The second-order valence-electron chi connectivity index (χ2n) is 34.1. The first kappa shape index (κ1) is 106. The molecule has 0 saturated carbocycles. The molecule has 10 aliphatic heterocycles. The zero-order chi connectivity index (χ0) is 102. The quantitative estimate of drug-likeness (QED) is 0.00785. The molecule has 4 atom stereocenters. The SMILES string of the molecule is CC(=O)CC[C@H]1CN(c2ccc(N3CCOCC3)c(F)c2)C(=O)O1.Nc1ccc(N2CCOCC2)c(F)c1.O=C(Nc1ccc(N2CCOCC2)c(F)c1)OCc1ccccc1.O=C1O[C@@H](CN=Cc2ccccc2O)CN1c1ccc(N2CCOCC2)c(F)c1.O=C1O[C@@H](CO)CN1c1ccc(N2CCOCC2)c(F)c1.O=C1O[C@@H](COS(=O)(=O)c2ccc([N+](=O)[O-])cc2)CN1c1ccc(N2CCOCC2)c(F)c1. The van der Waals surface area contributed by atoms with Crippen LogP contribution in [0.25, 0.3) is 0 Å². The predicted octanol–water partition coefficient (Wildman–Crippen LogP) is 13.1. The van der Waals surface area contributed by atoms with Crippen LogP contribution in [0.3, 0.4) is 0 Å². The largest absolute Gasteiger partial charge is 0.507 e. The summed E-state index contributed by atoms with van der Waals surface area (Å²) in [6.07, 6.45) is -2.78. The van der Waals surface area contributed by atoms with Gasteiger partial charge < -0.3 is 102 Å². The van der Waals surface area contributed by atoms with Crippen molar-refractivity contribution in [2.75, 3.05) is 264 Å². The Morgan fingerprint density at radius 2 is 0.814 bits per heavy atom. The number of non-ortho nitro benzene ring substituents is 1. The zero-order valence-corrected chi connectivity index (χ0v) is 80.1. The molecule has 145 heavy (non-hydrogen) atoms. The highest BCUT2D eigenvalue weighted by Gasteiger charge is 2.39. The molecule has 0 aromatic heterocycles. The monoisotopic (exact) mass is 2040 g/mol. The van der Waals surface area contributed by atoms with E-state index >= 15 is 0 Å². The van der Waals surface area contributed by atoms with Gasteiger partial charge in [-0.1, -0.05) is 42.5 Å². The number of nitrogens with two attached hydrogens (primary N) is 1. The molecular weight excluding hydrogens is 1930 g/mol. The lowest BCUT2D eigenvalue weighted by Gasteiger charge is -2.29. The number of aliphatic imine (C=N–C) groups is 1. The number of hydrogen-bond acceptors (Lipinski definition) is 32. The summed E-state index contributed by atoms with van der Waals surface area (Å²) in [5.74, 6) is -2.06. The van der Waals surface area contributed by atoms with Crippen molar-refractivity contribution in [2.24, 2.45) is 4.99 Å². The highest BCUT2D eigenvalue weighted by atomic mass is 32.2. The zero-order valence-electron chi connectivity index (χ0n) is 79.3. The van der Waals surface area contributed by atoms with Gasteiger partial charge in [-0.25, -0.2) is 50.3 Å². The number of aliphatic hydroxyl groups is 1. The molecule has 9 aromatic carbocycles. The maximum absolute atomic E-state index is 14.7. The number of hydrogen-bond donors (Lipinski definition) is 4. The predicted molar refractivity (Wildman–Crippen MR) is 526 cm³/mol. The van der Waals surface area contributed by atoms with Crippen LogP contribution in [0.2, 0.25) is 0 Å². The third-order valence-electron chi connectivity index (χ3n) is 24.2. The Balaban J connectivity index is 0.000000140.